The number of halogens is 3. The van der Waals surface area contributed by atoms with E-state index in [9.17, 15) is 13.2 Å². The first kappa shape index (κ1) is 14.7. The van der Waals surface area contributed by atoms with E-state index in [-0.39, 0.29) is 16.7 Å². The summed E-state index contributed by atoms with van der Waals surface area (Å²) >= 11 is -0.0648. The van der Waals surface area contributed by atoms with E-state index in [0.29, 0.717) is 0 Å². The van der Waals surface area contributed by atoms with Crippen molar-refractivity contribution in [1.29, 1.82) is 0 Å². The van der Waals surface area contributed by atoms with Crippen molar-refractivity contribution in [1.82, 2.24) is 10.2 Å². The van der Waals surface area contributed by atoms with Gasteiger partial charge in [0.15, 0.2) is 0 Å². The predicted molar refractivity (Wildman–Crippen MR) is 71.1 cm³/mol. The van der Waals surface area contributed by atoms with Gasteiger partial charge in [0.25, 0.3) is 0 Å². The summed E-state index contributed by atoms with van der Waals surface area (Å²) in [7, 11) is 0. The van der Waals surface area contributed by atoms with Crippen LogP contribution < -0.4 is 5.32 Å². The molecule has 1 aliphatic heterocycles. The molecular formula is C13H17F3N2S. The van der Waals surface area contributed by atoms with Gasteiger partial charge in [0.2, 0.25) is 0 Å². The monoisotopic (exact) mass is 290 g/mol. The molecule has 0 amide bonds. The maximum Gasteiger partial charge on any atom is 0.446 e. The minimum atomic E-state index is -4.21. The zero-order valence-corrected chi connectivity index (χ0v) is 11.4. The van der Waals surface area contributed by atoms with E-state index in [1.165, 1.54) is 0 Å². The molecule has 0 spiro atoms. The third-order valence-corrected chi connectivity index (χ3v) is 3.74. The quantitative estimate of drug-likeness (QED) is 0.861. The number of benzene rings is 1. The lowest BCUT2D eigenvalue weighted by atomic mass is 10.2. The number of alkyl halides is 3. The Balaban J connectivity index is 1.90. The molecule has 1 aromatic carbocycles. The Morgan fingerprint density at radius 1 is 1.11 bits per heavy atom. The lowest BCUT2D eigenvalue weighted by Gasteiger charge is -2.19. The van der Waals surface area contributed by atoms with Crippen LogP contribution in [0, 0.1) is 0 Å². The number of hydrogen-bond acceptors (Lipinski definition) is 3. The fraction of sp³-hybridized carbons (Fsp3) is 0.538. The summed E-state index contributed by atoms with van der Waals surface area (Å²) in [4.78, 5) is 2.57. The van der Waals surface area contributed by atoms with Gasteiger partial charge in [-0.25, -0.2) is 0 Å². The van der Waals surface area contributed by atoms with Crippen molar-refractivity contribution in [3.8, 4) is 0 Å². The molecule has 1 saturated heterocycles. The molecule has 1 fully saturated rings. The number of nitrogens with zero attached hydrogens (tertiary/aromatic N) is 1. The smallest absolute Gasteiger partial charge is 0.315 e. The largest absolute Gasteiger partial charge is 0.446 e. The molecule has 1 N–H and O–H groups in total. The van der Waals surface area contributed by atoms with Gasteiger partial charge in [-0.3, -0.25) is 4.90 Å². The van der Waals surface area contributed by atoms with E-state index < -0.39 is 5.51 Å². The molecule has 0 aromatic heterocycles. The highest BCUT2D eigenvalue weighted by molar-refractivity contribution is 8.00. The maximum absolute atomic E-state index is 12.2. The topological polar surface area (TPSA) is 15.3 Å². The first-order chi connectivity index (χ1) is 9.03. The Labute approximate surface area is 115 Å². The molecule has 0 bridgehead atoms. The lowest BCUT2D eigenvalue weighted by molar-refractivity contribution is -0.0328. The second-order valence-electron chi connectivity index (χ2n) is 4.57. The SMILES string of the molecule is FC(F)(F)Sc1ccc(CN2CCCNCC2)cc1. The minimum absolute atomic E-state index is 0.0648. The molecule has 1 aromatic rings. The van der Waals surface area contributed by atoms with Crippen LogP contribution in [0.4, 0.5) is 13.2 Å². The fourth-order valence-corrected chi connectivity index (χ4v) is 2.65. The van der Waals surface area contributed by atoms with Crippen molar-refractivity contribution in [3.63, 3.8) is 0 Å². The van der Waals surface area contributed by atoms with Crippen LogP contribution in [0.2, 0.25) is 0 Å². The van der Waals surface area contributed by atoms with Crippen LogP contribution in [0.25, 0.3) is 0 Å². The van der Waals surface area contributed by atoms with E-state index in [4.69, 9.17) is 0 Å². The third kappa shape index (κ3) is 5.42. The second-order valence-corrected chi connectivity index (χ2v) is 5.71. The summed E-state index contributed by atoms with van der Waals surface area (Å²) in [6.45, 7) is 4.84. The van der Waals surface area contributed by atoms with E-state index in [1.54, 1.807) is 24.3 Å². The molecule has 19 heavy (non-hydrogen) atoms. The van der Waals surface area contributed by atoms with Gasteiger partial charge in [-0.05, 0) is 49.0 Å². The van der Waals surface area contributed by atoms with Gasteiger partial charge < -0.3 is 5.32 Å². The Hall–Kier alpha value is -0.720. The average molecular weight is 290 g/mol. The molecule has 6 heteroatoms. The van der Waals surface area contributed by atoms with E-state index in [2.05, 4.69) is 10.2 Å². The van der Waals surface area contributed by atoms with Gasteiger partial charge in [-0.15, -0.1) is 0 Å². The molecule has 1 heterocycles. The zero-order chi connectivity index (χ0) is 13.7. The van der Waals surface area contributed by atoms with Gasteiger partial charge in [0.1, 0.15) is 0 Å². The van der Waals surface area contributed by atoms with Crippen LogP contribution in [-0.4, -0.2) is 36.6 Å². The molecule has 0 radical (unpaired) electrons. The van der Waals surface area contributed by atoms with Crippen LogP contribution in [0.1, 0.15) is 12.0 Å². The fourth-order valence-electron chi connectivity index (χ4n) is 2.11. The van der Waals surface area contributed by atoms with Crippen LogP contribution in [0.15, 0.2) is 29.2 Å². The Kier molecular flexibility index (Phi) is 5.13. The molecule has 2 nitrogen and oxygen atoms in total. The van der Waals surface area contributed by atoms with Crippen LogP contribution >= 0.6 is 11.8 Å². The number of rotatable bonds is 3. The molecule has 0 aliphatic carbocycles. The minimum Gasteiger partial charge on any atom is -0.315 e. The second kappa shape index (κ2) is 6.63. The molecule has 0 unspecified atom stereocenters. The van der Waals surface area contributed by atoms with Crippen molar-refractivity contribution in [2.24, 2.45) is 0 Å². The van der Waals surface area contributed by atoms with E-state index >= 15 is 0 Å². The summed E-state index contributed by atoms with van der Waals surface area (Å²) in [6, 6.07) is 6.66. The first-order valence-corrected chi connectivity index (χ1v) is 7.12. The predicted octanol–water partition coefficient (Wildman–Crippen LogP) is 3.09. The van der Waals surface area contributed by atoms with Crippen LogP contribution in [0.3, 0.4) is 0 Å². The average Bonchev–Trinajstić information content (AvgIpc) is 2.58. The van der Waals surface area contributed by atoms with Gasteiger partial charge in [-0.2, -0.15) is 13.2 Å². The summed E-state index contributed by atoms with van der Waals surface area (Å²) in [6.07, 6.45) is 1.11. The molecular weight excluding hydrogens is 273 g/mol. The van der Waals surface area contributed by atoms with Crippen molar-refractivity contribution < 1.29 is 13.2 Å². The zero-order valence-electron chi connectivity index (χ0n) is 10.5. The highest BCUT2D eigenvalue weighted by Gasteiger charge is 2.29. The molecule has 1 aliphatic rings. The Morgan fingerprint density at radius 2 is 1.84 bits per heavy atom. The summed E-state index contributed by atoms with van der Waals surface area (Å²) in [5, 5.41) is 3.33. The van der Waals surface area contributed by atoms with Gasteiger partial charge in [0, 0.05) is 24.5 Å². The van der Waals surface area contributed by atoms with E-state index in [1.807, 2.05) is 0 Å². The van der Waals surface area contributed by atoms with Crippen LogP contribution in [0.5, 0.6) is 0 Å². The third-order valence-electron chi connectivity index (χ3n) is 3.00. The van der Waals surface area contributed by atoms with Gasteiger partial charge >= 0.3 is 5.51 Å². The molecule has 0 atom stereocenters. The normalized spacial score (nSPS) is 18.3. The number of nitrogens with one attached hydrogen (secondary N) is 1. The summed E-state index contributed by atoms with van der Waals surface area (Å²) in [5.41, 5.74) is -3.15. The number of thioether (sulfide) groups is 1. The first-order valence-electron chi connectivity index (χ1n) is 6.31. The number of hydrogen-bond donors (Lipinski definition) is 1. The molecule has 0 saturated carbocycles. The van der Waals surface area contributed by atoms with Crippen molar-refractivity contribution in [2.45, 2.75) is 23.4 Å². The van der Waals surface area contributed by atoms with Crippen LogP contribution in [-0.2, 0) is 6.54 Å². The van der Waals surface area contributed by atoms with Gasteiger partial charge in [-0.1, -0.05) is 12.1 Å². The summed E-state index contributed by atoms with van der Waals surface area (Å²) in [5.74, 6) is 0. The molecule has 2 rings (SSSR count). The van der Waals surface area contributed by atoms with Crippen molar-refractivity contribution >= 4 is 11.8 Å². The molecule has 106 valence electrons. The van der Waals surface area contributed by atoms with Crippen molar-refractivity contribution in [2.75, 3.05) is 26.2 Å². The van der Waals surface area contributed by atoms with Gasteiger partial charge in [0.05, 0.1) is 0 Å². The lowest BCUT2D eigenvalue weighted by Crippen LogP contribution is -2.27. The standard InChI is InChI=1S/C13H17F3N2S/c14-13(15,16)19-12-4-2-11(3-5-12)10-18-8-1-6-17-7-9-18/h2-5,17H,1,6-10H2. The maximum atomic E-state index is 12.2. The Morgan fingerprint density at radius 3 is 2.53 bits per heavy atom. The Bertz CT molecular complexity index is 384. The highest BCUT2D eigenvalue weighted by Crippen LogP contribution is 2.36. The van der Waals surface area contributed by atoms with Crippen molar-refractivity contribution in [3.05, 3.63) is 29.8 Å². The highest BCUT2D eigenvalue weighted by atomic mass is 32.2. The van der Waals surface area contributed by atoms with E-state index in [0.717, 1.165) is 44.7 Å². The summed E-state index contributed by atoms with van der Waals surface area (Å²) < 4.78 is 36.6.